The molecule has 0 saturated carbocycles. The lowest BCUT2D eigenvalue weighted by atomic mass is 10.3. The predicted octanol–water partition coefficient (Wildman–Crippen LogP) is 2.78. The highest BCUT2D eigenvalue weighted by Crippen LogP contribution is 2.16. The van der Waals surface area contributed by atoms with Gasteiger partial charge >= 0.3 is 0 Å². The Balaban J connectivity index is 1.54. The Kier molecular flexibility index (Phi) is 3.59. The molecule has 0 radical (unpaired) electrons. The van der Waals surface area contributed by atoms with Crippen LogP contribution in [0.25, 0.3) is 11.0 Å². The molecule has 0 amide bonds. The number of anilines is 2. The van der Waals surface area contributed by atoms with Gasteiger partial charge in [-0.3, -0.25) is 0 Å². The average molecular weight is 286 g/mol. The van der Waals surface area contributed by atoms with E-state index in [-0.39, 0.29) is 5.82 Å². The zero-order valence-electron chi connectivity index (χ0n) is 11.3. The molecule has 0 saturated heterocycles. The summed E-state index contributed by atoms with van der Waals surface area (Å²) in [5.41, 5.74) is 7.71. The third-order valence-electron chi connectivity index (χ3n) is 2.97. The van der Waals surface area contributed by atoms with Crippen molar-refractivity contribution < 1.29 is 9.13 Å². The quantitative estimate of drug-likeness (QED) is 0.498. The minimum absolute atomic E-state index is 0.289. The normalized spacial score (nSPS) is 10.7. The molecule has 3 rings (SSSR count). The van der Waals surface area contributed by atoms with Gasteiger partial charge in [0.25, 0.3) is 0 Å². The van der Waals surface area contributed by atoms with E-state index in [0.29, 0.717) is 30.3 Å². The molecule has 4 N–H and O–H groups in total. The van der Waals surface area contributed by atoms with Gasteiger partial charge in [0.2, 0.25) is 5.95 Å². The number of aromatic amines is 1. The summed E-state index contributed by atoms with van der Waals surface area (Å²) in [6, 6.07) is 11.7. The maximum absolute atomic E-state index is 13.1. The summed E-state index contributed by atoms with van der Waals surface area (Å²) in [6.07, 6.45) is 0. The van der Waals surface area contributed by atoms with Crippen LogP contribution in [-0.4, -0.2) is 23.1 Å². The van der Waals surface area contributed by atoms with E-state index < -0.39 is 0 Å². The fraction of sp³-hybridized carbons (Fsp3) is 0.133. The summed E-state index contributed by atoms with van der Waals surface area (Å²) in [5.74, 6) is 1.03. The van der Waals surface area contributed by atoms with Gasteiger partial charge in [-0.15, -0.1) is 0 Å². The van der Waals surface area contributed by atoms with E-state index in [1.165, 1.54) is 12.1 Å². The number of rotatable bonds is 5. The van der Waals surface area contributed by atoms with Gasteiger partial charge in [0.05, 0.1) is 17.6 Å². The highest BCUT2D eigenvalue weighted by Gasteiger charge is 2.03. The number of nitrogens with one attached hydrogen (secondary N) is 2. The molecule has 0 fully saturated rings. The van der Waals surface area contributed by atoms with E-state index in [9.17, 15) is 4.39 Å². The number of nitrogens with zero attached hydrogens (tertiary/aromatic N) is 1. The third-order valence-corrected chi connectivity index (χ3v) is 2.97. The number of halogens is 1. The van der Waals surface area contributed by atoms with Gasteiger partial charge in [-0.25, -0.2) is 9.37 Å². The van der Waals surface area contributed by atoms with Crippen molar-refractivity contribution in [2.45, 2.75) is 0 Å². The Hall–Kier alpha value is -2.76. The molecule has 0 spiro atoms. The zero-order valence-corrected chi connectivity index (χ0v) is 11.3. The van der Waals surface area contributed by atoms with E-state index in [2.05, 4.69) is 15.3 Å². The number of hydrogen-bond donors (Lipinski definition) is 3. The summed E-state index contributed by atoms with van der Waals surface area (Å²) in [6.45, 7) is 1.03. The predicted molar refractivity (Wildman–Crippen MR) is 80.9 cm³/mol. The van der Waals surface area contributed by atoms with Crippen LogP contribution < -0.4 is 15.8 Å². The minimum atomic E-state index is -0.289. The second kappa shape index (κ2) is 5.70. The lowest BCUT2D eigenvalue weighted by molar-refractivity contribution is 0.333. The standard InChI is InChI=1S/C15H15FN4O/c16-10-4-5-13-14(8-10)20-15(19-13)18-6-7-21-12-3-1-2-11(17)9-12/h1-5,8-9H,6-7,17H2,(H2,18,19,20). The summed E-state index contributed by atoms with van der Waals surface area (Å²) in [4.78, 5) is 7.31. The SMILES string of the molecule is Nc1cccc(OCCNc2nc3ccc(F)cc3[nH]2)c1. The van der Waals surface area contributed by atoms with Crippen LogP contribution >= 0.6 is 0 Å². The van der Waals surface area contributed by atoms with Gasteiger partial charge in [0, 0.05) is 11.8 Å². The van der Waals surface area contributed by atoms with Crippen LogP contribution in [0.15, 0.2) is 42.5 Å². The number of hydrogen-bond acceptors (Lipinski definition) is 4. The molecule has 2 aromatic carbocycles. The van der Waals surface area contributed by atoms with E-state index in [1.807, 2.05) is 12.1 Å². The molecule has 1 heterocycles. The van der Waals surface area contributed by atoms with Gasteiger partial charge in [0.1, 0.15) is 18.2 Å². The molecule has 108 valence electrons. The summed E-state index contributed by atoms with van der Waals surface area (Å²) in [5, 5.41) is 3.09. The van der Waals surface area contributed by atoms with Crippen molar-refractivity contribution in [2.75, 3.05) is 24.2 Å². The molecule has 6 heteroatoms. The molecule has 0 bridgehead atoms. The Morgan fingerprint density at radius 3 is 3.00 bits per heavy atom. The van der Waals surface area contributed by atoms with Crippen LogP contribution in [0.1, 0.15) is 0 Å². The van der Waals surface area contributed by atoms with Gasteiger partial charge in [-0.05, 0) is 30.3 Å². The summed E-state index contributed by atoms with van der Waals surface area (Å²) >= 11 is 0. The van der Waals surface area contributed by atoms with E-state index in [4.69, 9.17) is 10.5 Å². The first-order valence-corrected chi connectivity index (χ1v) is 6.58. The van der Waals surface area contributed by atoms with Crippen molar-refractivity contribution >= 4 is 22.7 Å². The maximum Gasteiger partial charge on any atom is 0.201 e. The van der Waals surface area contributed by atoms with E-state index in [1.54, 1.807) is 18.2 Å². The van der Waals surface area contributed by atoms with E-state index in [0.717, 1.165) is 11.3 Å². The van der Waals surface area contributed by atoms with Crippen LogP contribution in [0, 0.1) is 5.82 Å². The highest BCUT2D eigenvalue weighted by molar-refractivity contribution is 5.77. The molecule has 0 aliphatic carbocycles. The number of aromatic nitrogens is 2. The molecule has 5 nitrogen and oxygen atoms in total. The molecule has 1 aromatic heterocycles. The van der Waals surface area contributed by atoms with Crippen molar-refractivity contribution in [3.8, 4) is 5.75 Å². The Morgan fingerprint density at radius 1 is 1.24 bits per heavy atom. The van der Waals surface area contributed by atoms with Crippen LogP contribution in [0.4, 0.5) is 16.0 Å². The minimum Gasteiger partial charge on any atom is -0.492 e. The molecule has 3 aromatic rings. The summed E-state index contributed by atoms with van der Waals surface area (Å²) < 4.78 is 18.6. The molecule has 0 aliphatic heterocycles. The summed E-state index contributed by atoms with van der Waals surface area (Å²) in [7, 11) is 0. The lowest BCUT2D eigenvalue weighted by Gasteiger charge is -2.07. The number of nitrogen functional groups attached to an aromatic ring is 1. The number of imidazole rings is 1. The molecule has 0 aliphatic rings. The third kappa shape index (κ3) is 3.22. The van der Waals surface area contributed by atoms with Crippen molar-refractivity contribution in [1.29, 1.82) is 0 Å². The second-order valence-electron chi connectivity index (χ2n) is 4.59. The van der Waals surface area contributed by atoms with Crippen molar-refractivity contribution in [3.63, 3.8) is 0 Å². The largest absolute Gasteiger partial charge is 0.492 e. The van der Waals surface area contributed by atoms with Crippen molar-refractivity contribution in [3.05, 3.63) is 48.3 Å². The molecular weight excluding hydrogens is 271 g/mol. The number of benzene rings is 2. The monoisotopic (exact) mass is 286 g/mol. The molecular formula is C15H15FN4O. The number of H-pyrrole nitrogens is 1. The average Bonchev–Trinajstić information content (AvgIpc) is 2.85. The first-order chi connectivity index (χ1) is 10.2. The van der Waals surface area contributed by atoms with Gasteiger partial charge in [-0.2, -0.15) is 0 Å². The topological polar surface area (TPSA) is 76.0 Å². The fourth-order valence-corrected chi connectivity index (χ4v) is 2.01. The lowest BCUT2D eigenvalue weighted by Crippen LogP contribution is -2.12. The number of ether oxygens (including phenoxy) is 1. The van der Waals surface area contributed by atoms with Crippen molar-refractivity contribution in [2.24, 2.45) is 0 Å². The smallest absolute Gasteiger partial charge is 0.201 e. The first kappa shape index (κ1) is 13.2. The van der Waals surface area contributed by atoms with E-state index >= 15 is 0 Å². The fourth-order valence-electron chi connectivity index (χ4n) is 2.01. The van der Waals surface area contributed by atoms with Crippen LogP contribution in [0.3, 0.4) is 0 Å². The Labute approximate surface area is 120 Å². The van der Waals surface area contributed by atoms with Crippen LogP contribution in [-0.2, 0) is 0 Å². The highest BCUT2D eigenvalue weighted by atomic mass is 19.1. The number of nitrogens with two attached hydrogens (primary N) is 1. The van der Waals surface area contributed by atoms with Crippen LogP contribution in [0.2, 0.25) is 0 Å². The maximum atomic E-state index is 13.1. The van der Waals surface area contributed by atoms with Gasteiger partial charge in [-0.1, -0.05) is 6.07 Å². The van der Waals surface area contributed by atoms with Gasteiger partial charge in [0.15, 0.2) is 0 Å². The Morgan fingerprint density at radius 2 is 2.14 bits per heavy atom. The van der Waals surface area contributed by atoms with Crippen LogP contribution in [0.5, 0.6) is 5.75 Å². The number of fused-ring (bicyclic) bond motifs is 1. The first-order valence-electron chi connectivity index (χ1n) is 6.58. The zero-order chi connectivity index (χ0) is 14.7. The second-order valence-corrected chi connectivity index (χ2v) is 4.59. The molecule has 0 atom stereocenters. The Bertz CT molecular complexity index is 756. The molecule has 21 heavy (non-hydrogen) atoms. The van der Waals surface area contributed by atoms with Gasteiger partial charge < -0.3 is 20.8 Å². The molecule has 0 unspecified atom stereocenters. The van der Waals surface area contributed by atoms with Crippen molar-refractivity contribution in [1.82, 2.24) is 9.97 Å².